The van der Waals surface area contributed by atoms with Crippen molar-refractivity contribution in [2.75, 3.05) is 5.73 Å². The quantitative estimate of drug-likeness (QED) is 0.456. The Morgan fingerprint density at radius 1 is 1.09 bits per heavy atom. The maximum Gasteiger partial charge on any atom is 0.339 e. The first-order valence-corrected chi connectivity index (χ1v) is 6.68. The van der Waals surface area contributed by atoms with Crippen molar-refractivity contribution in [3.8, 4) is 0 Å². The van der Waals surface area contributed by atoms with E-state index in [-0.39, 0.29) is 17.8 Å². The topological polar surface area (TPSA) is 82.5 Å². The highest BCUT2D eigenvalue weighted by Crippen LogP contribution is 2.20. The van der Waals surface area contributed by atoms with Gasteiger partial charge in [-0.05, 0) is 17.7 Å². The second kappa shape index (κ2) is 5.73. The lowest BCUT2D eigenvalue weighted by Crippen LogP contribution is -2.10. The molecular formula is C17H13NO4. The van der Waals surface area contributed by atoms with Crippen molar-refractivity contribution in [1.29, 1.82) is 0 Å². The highest BCUT2D eigenvalue weighted by atomic mass is 16.5. The van der Waals surface area contributed by atoms with Crippen molar-refractivity contribution in [2.45, 2.75) is 6.61 Å². The fourth-order valence-electron chi connectivity index (χ4n) is 2.15. The molecule has 0 aliphatic heterocycles. The lowest BCUT2D eigenvalue weighted by molar-refractivity contribution is 0.0474. The van der Waals surface area contributed by atoms with Crippen LogP contribution in [0.25, 0.3) is 11.0 Å². The molecule has 5 heteroatoms. The molecule has 0 saturated carbocycles. The lowest BCUT2D eigenvalue weighted by atomic mass is 10.1. The third-order valence-corrected chi connectivity index (χ3v) is 3.20. The number of anilines is 1. The van der Waals surface area contributed by atoms with Gasteiger partial charge in [-0.2, -0.15) is 0 Å². The maximum atomic E-state index is 12.2. The Labute approximate surface area is 125 Å². The minimum atomic E-state index is -0.621. The van der Waals surface area contributed by atoms with Gasteiger partial charge >= 0.3 is 11.6 Å². The third kappa shape index (κ3) is 2.83. The zero-order valence-electron chi connectivity index (χ0n) is 11.6. The van der Waals surface area contributed by atoms with Crippen molar-refractivity contribution in [3.05, 3.63) is 76.1 Å². The zero-order chi connectivity index (χ0) is 15.5. The summed E-state index contributed by atoms with van der Waals surface area (Å²) in [6.07, 6.45) is 0. The molecule has 110 valence electrons. The molecule has 0 atom stereocenters. The molecule has 0 radical (unpaired) electrons. The summed E-state index contributed by atoms with van der Waals surface area (Å²) in [6, 6.07) is 15.2. The van der Waals surface area contributed by atoms with E-state index in [9.17, 15) is 9.59 Å². The van der Waals surface area contributed by atoms with Gasteiger partial charge < -0.3 is 14.9 Å². The van der Waals surface area contributed by atoms with E-state index in [1.54, 1.807) is 12.1 Å². The number of esters is 1. The number of rotatable bonds is 3. The van der Waals surface area contributed by atoms with Crippen LogP contribution in [0, 0.1) is 0 Å². The number of ether oxygens (including phenoxy) is 1. The fraction of sp³-hybridized carbons (Fsp3) is 0.0588. The first-order valence-electron chi connectivity index (χ1n) is 6.68. The predicted octanol–water partition coefficient (Wildman–Crippen LogP) is 2.73. The number of nitrogen functional groups attached to an aromatic ring is 1. The van der Waals surface area contributed by atoms with Crippen molar-refractivity contribution >= 4 is 22.6 Å². The van der Waals surface area contributed by atoms with Crippen LogP contribution in [0.5, 0.6) is 0 Å². The first-order chi connectivity index (χ1) is 10.6. The molecule has 0 aliphatic rings. The Kier molecular flexibility index (Phi) is 3.62. The van der Waals surface area contributed by atoms with E-state index in [0.717, 1.165) is 11.6 Å². The summed E-state index contributed by atoms with van der Waals surface area (Å²) in [5, 5.41) is 0.492. The summed E-state index contributed by atoms with van der Waals surface area (Å²) in [6.45, 7) is 0.135. The summed E-state index contributed by atoms with van der Waals surface area (Å²) < 4.78 is 10.3. The van der Waals surface area contributed by atoms with Crippen LogP contribution >= 0.6 is 0 Å². The number of benzene rings is 2. The van der Waals surface area contributed by atoms with Gasteiger partial charge in [0.2, 0.25) is 0 Å². The van der Waals surface area contributed by atoms with Crippen LogP contribution in [0.4, 0.5) is 5.69 Å². The number of hydrogen-bond donors (Lipinski definition) is 1. The normalized spacial score (nSPS) is 10.5. The molecule has 0 unspecified atom stereocenters. The van der Waals surface area contributed by atoms with E-state index >= 15 is 0 Å². The molecular weight excluding hydrogens is 282 g/mol. The second-order valence-corrected chi connectivity index (χ2v) is 4.80. The smallest absolute Gasteiger partial charge is 0.339 e. The number of fused-ring (bicyclic) bond motifs is 1. The SMILES string of the molecule is Nc1ccc2c(C(=O)OCc3ccccc3)cc(=O)oc2c1. The predicted molar refractivity (Wildman–Crippen MR) is 82.5 cm³/mol. The van der Waals surface area contributed by atoms with Crippen molar-refractivity contribution in [1.82, 2.24) is 0 Å². The molecule has 2 aromatic carbocycles. The number of hydrogen-bond acceptors (Lipinski definition) is 5. The van der Waals surface area contributed by atoms with Gasteiger partial charge in [0.15, 0.2) is 0 Å². The largest absolute Gasteiger partial charge is 0.457 e. The summed E-state index contributed by atoms with van der Waals surface area (Å²) in [7, 11) is 0. The molecule has 0 aliphatic carbocycles. The third-order valence-electron chi connectivity index (χ3n) is 3.20. The fourth-order valence-corrected chi connectivity index (χ4v) is 2.15. The highest BCUT2D eigenvalue weighted by Gasteiger charge is 2.14. The Hall–Kier alpha value is -3.08. The van der Waals surface area contributed by atoms with Crippen LogP contribution < -0.4 is 11.4 Å². The van der Waals surface area contributed by atoms with Crippen LogP contribution in [-0.4, -0.2) is 5.97 Å². The molecule has 3 aromatic rings. The van der Waals surface area contributed by atoms with Gasteiger partial charge in [0, 0.05) is 23.2 Å². The first kappa shape index (κ1) is 13.9. The average Bonchev–Trinajstić information content (AvgIpc) is 2.52. The van der Waals surface area contributed by atoms with Crippen molar-refractivity contribution in [2.24, 2.45) is 0 Å². The van der Waals surface area contributed by atoms with Gasteiger partial charge in [-0.25, -0.2) is 9.59 Å². The molecule has 0 fully saturated rings. The molecule has 0 bridgehead atoms. The Morgan fingerprint density at radius 2 is 1.86 bits per heavy atom. The Bertz CT molecular complexity index is 884. The Balaban J connectivity index is 1.92. The van der Waals surface area contributed by atoms with Crippen LogP contribution in [0.15, 0.2) is 63.8 Å². The van der Waals surface area contributed by atoms with E-state index in [1.807, 2.05) is 30.3 Å². The molecule has 2 N–H and O–H groups in total. The van der Waals surface area contributed by atoms with Crippen molar-refractivity contribution in [3.63, 3.8) is 0 Å². The zero-order valence-corrected chi connectivity index (χ0v) is 11.6. The van der Waals surface area contributed by atoms with E-state index in [2.05, 4.69) is 0 Å². The molecule has 1 aromatic heterocycles. The molecule has 5 nitrogen and oxygen atoms in total. The van der Waals surface area contributed by atoms with Gasteiger partial charge in [0.05, 0.1) is 5.56 Å². The molecule has 1 heterocycles. The van der Waals surface area contributed by atoms with Gasteiger partial charge in [-0.15, -0.1) is 0 Å². The van der Waals surface area contributed by atoms with Gasteiger partial charge in [-0.1, -0.05) is 30.3 Å². The highest BCUT2D eigenvalue weighted by molar-refractivity contribution is 6.03. The van der Waals surface area contributed by atoms with Gasteiger partial charge in [0.25, 0.3) is 0 Å². The lowest BCUT2D eigenvalue weighted by Gasteiger charge is -2.07. The van der Waals surface area contributed by atoms with Crippen LogP contribution in [0.3, 0.4) is 0 Å². The summed E-state index contributed by atoms with van der Waals surface area (Å²) in [5.41, 5.74) is 6.79. The minimum Gasteiger partial charge on any atom is -0.457 e. The molecule has 0 spiro atoms. The molecule has 0 amide bonds. The van der Waals surface area contributed by atoms with E-state index in [0.29, 0.717) is 11.1 Å². The van der Waals surface area contributed by atoms with Crippen LogP contribution in [0.2, 0.25) is 0 Å². The van der Waals surface area contributed by atoms with Gasteiger partial charge in [-0.3, -0.25) is 0 Å². The monoisotopic (exact) mass is 295 g/mol. The molecule has 3 rings (SSSR count). The second-order valence-electron chi connectivity index (χ2n) is 4.80. The minimum absolute atomic E-state index is 0.135. The summed E-state index contributed by atoms with van der Waals surface area (Å²) in [4.78, 5) is 23.8. The standard InChI is InChI=1S/C17H13NO4/c18-12-6-7-13-14(9-16(19)22-15(13)8-12)17(20)21-10-11-4-2-1-3-5-11/h1-9H,10,18H2. The van der Waals surface area contributed by atoms with Crippen LogP contribution in [-0.2, 0) is 11.3 Å². The average molecular weight is 295 g/mol. The Morgan fingerprint density at radius 3 is 2.64 bits per heavy atom. The van der Waals surface area contributed by atoms with Crippen molar-refractivity contribution < 1.29 is 13.9 Å². The van der Waals surface area contributed by atoms with Gasteiger partial charge in [0.1, 0.15) is 12.2 Å². The molecule has 0 saturated heterocycles. The van der Waals surface area contributed by atoms with Crippen LogP contribution in [0.1, 0.15) is 15.9 Å². The number of carbonyl (C=O) groups is 1. The summed E-state index contributed by atoms with van der Waals surface area (Å²) in [5.74, 6) is -0.577. The molecule has 22 heavy (non-hydrogen) atoms. The van der Waals surface area contributed by atoms with E-state index < -0.39 is 11.6 Å². The van der Waals surface area contributed by atoms with E-state index in [4.69, 9.17) is 14.9 Å². The number of nitrogens with two attached hydrogens (primary N) is 1. The maximum absolute atomic E-state index is 12.2. The van der Waals surface area contributed by atoms with E-state index in [1.165, 1.54) is 6.07 Å². The summed E-state index contributed by atoms with van der Waals surface area (Å²) >= 11 is 0. The number of carbonyl (C=O) groups excluding carboxylic acids is 1.